The first-order chi connectivity index (χ1) is 7.20. The van der Waals surface area contributed by atoms with Gasteiger partial charge in [0.05, 0.1) is 15.9 Å². The number of rotatable bonds is 2. The summed E-state index contributed by atoms with van der Waals surface area (Å²) >= 11 is 3.10. The van der Waals surface area contributed by atoms with Gasteiger partial charge < -0.3 is 5.73 Å². The van der Waals surface area contributed by atoms with Crippen molar-refractivity contribution in [2.45, 2.75) is 6.54 Å². The average molecular weight is 270 g/mol. The van der Waals surface area contributed by atoms with Crippen molar-refractivity contribution < 1.29 is 4.39 Å². The number of hydrogen-bond acceptors (Lipinski definition) is 2. The first-order valence-electron chi connectivity index (χ1n) is 4.41. The van der Waals surface area contributed by atoms with Gasteiger partial charge in [0.1, 0.15) is 5.82 Å². The highest BCUT2D eigenvalue weighted by molar-refractivity contribution is 9.10. The molecule has 0 fully saturated rings. The molecule has 0 aliphatic rings. The predicted octanol–water partition coefficient (Wildman–Crippen LogP) is 2.23. The van der Waals surface area contributed by atoms with E-state index in [0.29, 0.717) is 16.7 Å². The molecule has 0 atom stereocenters. The zero-order valence-corrected chi connectivity index (χ0v) is 9.41. The second-order valence-corrected chi connectivity index (χ2v) is 3.91. The molecule has 0 amide bonds. The monoisotopic (exact) mass is 269 g/mol. The Kier molecular flexibility index (Phi) is 2.83. The van der Waals surface area contributed by atoms with Gasteiger partial charge in [-0.2, -0.15) is 5.10 Å². The molecule has 0 aliphatic heterocycles. The van der Waals surface area contributed by atoms with Crippen LogP contribution in [0, 0.1) is 5.82 Å². The van der Waals surface area contributed by atoms with E-state index in [1.807, 2.05) is 0 Å². The number of benzene rings is 1. The predicted molar refractivity (Wildman–Crippen MR) is 59.1 cm³/mol. The average Bonchev–Trinajstić information content (AvgIpc) is 2.70. The maximum atomic E-state index is 13.2. The third-order valence-electron chi connectivity index (χ3n) is 2.02. The van der Waals surface area contributed by atoms with Gasteiger partial charge in [-0.15, -0.1) is 0 Å². The maximum absolute atomic E-state index is 13.2. The van der Waals surface area contributed by atoms with Crippen LogP contribution in [0.15, 0.2) is 34.9 Å². The van der Waals surface area contributed by atoms with Crippen LogP contribution in [0.1, 0.15) is 5.69 Å². The van der Waals surface area contributed by atoms with Crippen molar-refractivity contribution in [3.05, 3.63) is 46.4 Å². The lowest BCUT2D eigenvalue weighted by atomic mass is 10.3. The zero-order valence-electron chi connectivity index (χ0n) is 7.82. The molecule has 2 aromatic rings. The van der Waals surface area contributed by atoms with Crippen LogP contribution in [-0.2, 0) is 6.54 Å². The molecule has 0 aliphatic carbocycles. The summed E-state index contributed by atoms with van der Waals surface area (Å²) < 4.78 is 15.3. The summed E-state index contributed by atoms with van der Waals surface area (Å²) in [5, 5.41) is 4.18. The molecule has 5 heteroatoms. The van der Waals surface area contributed by atoms with Crippen molar-refractivity contribution in [3.63, 3.8) is 0 Å². The van der Waals surface area contributed by atoms with Gasteiger partial charge in [0.2, 0.25) is 0 Å². The number of halogens is 2. The van der Waals surface area contributed by atoms with Crippen LogP contribution in [0.5, 0.6) is 0 Å². The molecule has 0 saturated carbocycles. The molecule has 1 heterocycles. The Bertz CT molecular complexity index is 481. The summed E-state index contributed by atoms with van der Waals surface area (Å²) in [6.07, 6.45) is 1.75. The van der Waals surface area contributed by atoms with Gasteiger partial charge in [-0.25, -0.2) is 9.07 Å². The van der Waals surface area contributed by atoms with Crippen LogP contribution >= 0.6 is 15.9 Å². The smallest absolute Gasteiger partial charge is 0.139 e. The quantitative estimate of drug-likeness (QED) is 0.909. The minimum atomic E-state index is -0.308. The summed E-state index contributed by atoms with van der Waals surface area (Å²) in [5.41, 5.74) is 6.89. The maximum Gasteiger partial charge on any atom is 0.139 e. The second kappa shape index (κ2) is 4.12. The third-order valence-corrected chi connectivity index (χ3v) is 2.66. The molecule has 0 unspecified atom stereocenters. The van der Waals surface area contributed by atoms with Crippen LogP contribution in [0.3, 0.4) is 0 Å². The Hall–Kier alpha value is -1.20. The Labute approximate surface area is 94.8 Å². The molecule has 1 aromatic heterocycles. The molecule has 2 N–H and O–H groups in total. The van der Waals surface area contributed by atoms with Crippen molar-refractivity contribution in [1.82, 2.24) is 9.78 Å². The van der Waals surface area contributed by atoms with Gasteiger partial charge in [0.25, 0.3) is 0 Å². The number of nitrogens with two attached hydrogens (primary N) is 1. The summed E-state index contributed by atoms with van der Waals surface area (Å²) in [6.45, 7) is 0.381. The summed E-state index contributed by atoms with van der Waals surface area (Å²) in [7, 11) is 0. The van der Waals surface area contributed by atoms with E-state index in [4.69, 9.17) is 5.73 Å². The first kappa shape index (κ1) is 10.3. The highest BCUT2D eigenvalue weighted by atomic mass is 79.9. The Balaban J connectivity index is 2.40. The van der Waals surface area contributed by atoms with Crippen molar-refractivity contribution in [1.29, 1.82) is 0 Å². The molecule has 0 saturated heterocycles. The van der Waals surface area contributed by atoms with E-state index in [0.717, 1.165) is 5.69 Å². The number of nitrogens with zero attached hydrogens (tertiary/aromatic N) is 2. The first-order valence-corrected chi connectivity index (χ1v) is 5.20. The van der Waals surface area contributed by atoms with Crippen LogP contribution in [-0.4, -0.2) is 9.78 Å². The fourth-order valence-corrected chi connectivity index (χ4v) is 1.49. The van der Waals surface area contributed by atoms with Crippen LogP contribution in [0.4, 0.5) is 4.39 Å². The van der Waals surface area contributed by atoms with E-state index in [2.05, 4.69) is 21.0 Å². The van der Waals surface area contributed by atoms with E-state index in [-0.39, 0.29) is 5.82 Å². The summed E-state index contributed by atoms with van der Waals surface area (Å²) in [5.74, 6) is -0.308. The fourth-order valence-electron chi connectivity index (χ4n) is 1.24. The van der Waals surface area contributed by atoms with E-state index >= 15 is 0 Å². The van der Waals surface area contributed by atoms with E-state index in [1.165, 1.54) is 6.07 Å². The Morgan fingerprint density at radius 1 is 1.40 bits per heavy atom. The Morgan fingerprint density at radius 3 is 2.80 bits per heavy atom. The summed E-state index contributed by atoms with van der Waals surface area (Å²) in [6, 6.07) is 6.65. The molecule has 0 radical (unpaired) electrons. The van der Waals surface area contributed by atoms with Crippen molar-refractivity contribution in [2.75, 3.05) is 0 Å². The standard InChI is InChI=1S/C10H9BrFN3/c11-9-2-1-8(5-10(9)12)15-4-3-7(6-13)14-15/h1-5H,6,13H2. The number of hydrogen-bond donors (Lipinski definition) is 1. The van der Waals surface area contributed by atoms with E-state index in [1.54, 1.807) is 29.1 Å². The number of aromatic nitrogens is 2. The van der Waals surface area contributed by atoms with Crippen LogP contribution in [0.2, 0.25) is 0 Å². The SMILES string of the molecule is NCc1ccn(-c2ccc(Br)c(F)c2)n1. The lowest BCUT2D eigenvalue weighted by Gasteiger charge is -2.02. The van der Waals surface area contributed by atoms with Gasteiger partial charge in [-0.1, -0.05) is 0 Å². The topological polar surface area (TPSA) is 43.8 Å². The molecule has 0 spiro atoms. The summed E-state index contributed by atoms with van der Waals surface area (Å²) in [4.78, 5) is 0. The van der Waals surface area contributed by atoms with Gasteiger partial charge in [-0.3, -0.25) is 0 Å². The van der Waals surface area contributed by atoms with Crippen LogP contribution in [0.25, 0.3) is 5.69 Å². The molecule has 0 bridgehead atoms. The molecule has 78 valence electrons. The largest absolute Gasteiger partial charge is 0.325 e. The highest BCUT2D eigenvalue weighted by Gasteiger charge is 2.03. The Morgan fingerprint density at radius 2 is 2.20 bits per heavy atom. The molecule has 2 rings (SSSR count). The van der Waals surface area contributed by atoms with Crippen LogP contribution < -0.4 is 5.73 Å². The minimum Gasteiger partial charge on any atom is -0.325 e. The second-order valence-electron chi connectivity index (χ2n) is 3.05. The normalized spacial score (nSPS) is 10.6. The lowest BCUT2D eigenvalue weighted by Crippen LogP contribution is -2.00. The van der Waals surface area contributed by atoms with E-state index < -0.39 is 0 Å². The molecule has 3 nitrogen and oxygen atoms in total. The highest BCUT2D eigenvalue weighted by Crippen LogP contribution is 2.18. The van der Waals surface area contributed by atoms with Crippen molar-refractivity contribution in [3.8, 4) is 5.69 Å². The van der Waals surface area contributed by atoms with Crippen molar-refractivity contribution >= 4 is 15.9 Å². The molecule has 15 heavy (non-hydrogen) atoms. The minimum absolute atomic E-state index is 0.308. The zero-order chi connectivity index (χ0) is 10.8. The third kappa shape index (κ3) is 2.08. The van der Waals surface area contributed by atoms with Gasteiger partial charge in [0, 0.05) is 18.8 Å². The molecular formula is C10H9BrFN3. The van der Waals surface area contributed by atoms with Crippen molar-refractivity contribution in [2.24, 2.45) is 5.73 Å². The van der Waals surface area contributed by atoms with Gasteiger partial charge in [0.15, 0.2) is 0 Å². The van der Waals surface area contributed by atoms with Gasteiger partial charge >= 0.3 is 0 Å². The van der Waals surface area contributed by atoms with Gasteiger partial charge in [-0.05, 0) is 34.1 Å². The molecule has 1 aromatic carbocycles. The fraction of sp³-hybridized carbons (Fsp3) is 0.100. The van der Waals surface area contributed by atoms with E-state index in [9.17, 15) is 4.39 Å². The molecular weight excluding hydrogens is 261 g/mol. The lowest BCUT2D eigenvalue weighted by molar-refractivity contribution is 0.618.